The number of thiazole rings is 1. The fourth-order valence-electron chi connectivity index (χ4n) is 4.27. The third-order valence-electron chi connectivity index (χ3n) is 6.32. The van der Waals surface area contributed by atoms with Crippen molar-refractivity contribution in [2.24, 2.45) is 5.92 Å². The second-order valence-corrected chi connectivity index (χ2v) is 10.4. The molecule has 1 aromatic carbocycles. The van der Waals surface area contributed by atoms with E-state index < -0.39 is 0 Å². The summed E-state index contributed by atoms with van der Waals surface area (Å²) in [5.41, 5.74) is 4.71. The summed E-state index contributed by atoms with van der Waals surface area (Å²) in [6, 6.07) is 7.75. The average molecular weight is 481 g/mol. The van der Waals surface area contributed by atoms with Gasteiger partial charge in [-0.15, -0.1) is 0 Å². The van der Waals surface area contributed by atoms with Crippen LogP contribution >= 0.6 is 22.7 Å². The van der Waals surface area contributed by atoms with Crippen LogP contribution in [0.5, 0.6) is 0 Å². The molecule has 1 N–H and O–H groups in total. The van der Waals surface area contributed by atoms with Crippen molar-refractivity contribution in [3.05, 3.63) is 62.3 Å². The summed E-state index contributed by atoms with van der Waals surface area (Å²) >= 11 is 2.89. The maximum absolute atomic E-state index is 13.3. The number of benzene rings is 1. The third-order valence-corrected chi connectivity index (χ3v) is 8.00. The Hall–Kier alpha value is -3.04. The highest BCUT2D eigenvalue weighted by molar-refractivity contribution is 7.16. The number of aromatic nitrogens is 1. The molecule has 0 bridgehead atoms. The van der Waals surface area contributed by atoms with Crippen molar-refractivity contribution < 1.29 is 14.4 Å². The summed E-state index contributed by atoms with van der Waals surface area (Å²) < 4.78 is 0. The zero-order chi connectivity index (χ0) is 23.1. The highest BCUT2D eigenvalue weighted by Gasteiger charge is 2.38. The predicted molar refractivity (Wildman–Crippen MR) is 130 cm³/mol. The van der Waals surface area contributed by atoms with Crippen LogP contribution in [0.2, 0.25) is 0 Å². The number of rotatable bonds is 4. The molecule has 4 heterocycles. The zero-order valence-corrected chi connectivity index (χ0v) is 20.1. The first-order chi connectivity index (χ1) is 15.9. The lowest BCUT2D eigenvalue weighted by Gasteiger charge is -2.28. The molecule has 2 aliphatic heterocycles. The van der Waals surface area contributed by atoms with Gasteiger partial charge >= 0.3 is 0 Å². The number of hydrogen-bond donors (Lipinski definition) is 1. The van der Waals surface area contributed by atoms with E-state index in [9.17, 15) is 14.4 Å². The Labute approximate surface area is 200 Å². The van der Waals surface area contributed by atoms with Gasteiger partial charge in [-0.1, -0.05) is 17.4 Å². The SMILES string of the molecule is Cc1ccc(N2CC(C(=O)N3CCc4nc(NC(=O)c5ccsc5)sc4C3)CC2=O)cc1C. The van der Waals surface area contributed by atoms with Gasteiger partial charge in [-0.3, -0.25) is 19.7 Å². The number of amides is 3. The minimum atomic E-state index is -0.341. The first kappa shape index (κ1) is 21.8. The van der Waals surface area contributed by atoms with E-state index in [4.69, 9.17) is 0 Å². The quantitative estimate of drug-likeness (QED) is 0.612. The van der Waals surface area contributed by atoms with Crippen molar-refractivity contribution in [2.45, 2.75) is 33.2 Å². The molecule has 1 fully saturated rings. The second-order valence-electron chi connectivity index (χ2n) is 8.54. The first-order valence-electron chi connectivity index (χ1n) is 10.9. The molecule has 1 saturated heterocycles. The third kappa shape index (κ3) is 4.30. The molecule has 7 nitrogen and oxygen atoms in total. The number of aryl methyl sites for hydroxylation is 2. The van der Waals surface area contributed by atoms with E-state index in [1.807, 2.05) is 42.3 Å². The molecule has 0 spiro atoms. The molecular weight excluding hydrogens is 456 g/mol. The van der Waals surface area contributed by atoms with Crippen molar-refractivity contribution >= 4 is 51.2 Å². The number of nitrogens with one attached hydrogen (secondary N) is 1. The Kier molecular flexibility index (Phi) is 5.76. The Morgan fingerprint density at radius 3 is 2.79 bits per heavy atom. The standard InChI is InChI=1S/C24H24N4O3S2/c1-14-3-4-18(9-15(14)2)28-11-17(10-21(28)29)23(31)27-7-5-19-20(12-27)33-24(25-19)26-22(30)16-6-8-32-13-16/h3-4,6,8-9,13,17H,5,7,10-12H2,1-2H3,(H,25,26,30). The van der Waals surface area contributed by atoms with Gasteiger partial charge in [0.1, 0.15) is 0 Å². The molecular formula is C24H24N4O3S2. The van der Waals surface area contributed by atoms with Gasteiger partial charge in [0, 0.05) is 41.9 Å². The van der Waals surface area contributed by atoms with Gasteiger partial charge in [0.05, 0.1) is 23.7 Å². The molecule has 5 rings (SSSR count). The van der Waals surface area contributed by atoms with E-state index >= 15 is 0 Å². The minimum absolute atomic E-state index is 0.00878. The topological polar surface area (TPSA) is 82.6 Å². The number of hydrogen-bond acceptors (Lipinski definition) is 6. The van der Waals surface area contributed by atoms with Crippen LogP contribution in [0, 0.1) is 19.8 Å². The van der Waals surface area contributed by atoms with Crippen LogP contribution in [-0.2, 0) is 22.6 Å². The second kappa shape index (κ2) is 8.72. The van der Waals surface area contributed by atoms with Gasteiger partial charge in [0.25, 0.3) is 5.91 Å². The van der Waals surface area contributed by atoms with Crippen molar-refractivity contribution in [3.8, 4) is 0 Å². The van der Waals surface area contributed by atoms with E-state index in [0.717, 1.165) is 21.8 Å². The Balaban J connectivity index is 1.25. The molecule has 0 aliphatic carbocycles. The maximum Gasteiger partial charge on any atom is 0.258 e. The molecule has 2 aromatic heterocycles. The number of carbonyl (C=O) groups excluding carboxylic acids is 3. The summed E-state index contributed by atoms with van der Waals surface area (Å²) in [5.74, 6) is -0.513. The van der Waals surface area contributed by atoms with Gasteiger partial charge in [-0.05, 0) is 48.6 Å². The van der Waals surface area contributed by atoms with E-state index in [2.05, 4.69) is 10.3 Å². The minimum Gasteiger partial charge on any atom is -0.337 e. The van der Waals surface area contributed by atoms with Gasteiger partial charge in [0.15, 0.2) is 5.13 Å². The fraction of sp³-hybridized carbons (Fsp3) is 0.333. The summed E-state index contributed by atoms with van der Waals surface area (Å²) in [6.07, 6.45) is 0.882. The van der Waals surface area contributed by atoms with Crippen LogP contribution < -0.4 is 10.2 Å². The maximum atomic E-state index is 13.3. The number of carbonyl (C=O) groups is 3. The molecule has 3 aromatic rings. The van der Waals surface area contributed by atoms with Crippen LogP contribution in [0.4, 0.5) is 10.8 Å². The van der Waals surface area contributed by atoms with Crippen molar-refractivity contribution in [2.75, 3.05) is 23.3 Å². The zero-order valence-electron chi connectivity index (χ0n) is 18.5. The van der Waals surface area contributed by atoms with E-state index in [1.54, 1.807) is 16.3 Å². The number of fused-ring (bicyclic) bond motifs is 1. The smallest absolute Gasteiger partial charge is 0.258 e. The molecule has 1 unspecified atom stereocenters. The van der Waals surface area contributed by atoms with Crippen molar-refractivity contribution in [1.29, 1.82) is 0 Å². The van der Waals surface area contributed by atoms with Gasteiger partial charge < -0.3 is 9.80 Å². The summed E-state index contributed by atoms with van der Waals surface area (Å²) in [5, 5.41) is 7.08. The normalized spacial score (nSPS) is 17.9. The summed E-state index contributed by atoms with van der Waals surface area (Å²) in [7, 11) is 0. The molecule has 170 valence electrons. The molecule has 33 heavy (non-hydrogen) atoms. The van der Waals surface area contributed by atoms with Crippen LogP contribution in [0.15, 0.2) is 35.0 Å². The number of nitrogens with zero attached hydrogens (tertiary/aromatic N) is 3. The number of thiophene rings is 1. The molecule has 0 radical (unpaired) electrons. The van der Waals surface area contributed by atoms with Crippen LogP contribution in [0.3, 0.4) is 0 Å². The molecule has 3 amide bonds. The first-order valence-corrected chi connectivity index (χ1v) is 12.6. The Morgan fingerprint density at radius 2 is 2.03 bits per heavy atom. The highest BCUT2D eigenvalue weighted by Crippen LogP contribution is 2.32. The largest absolute Gasteiger partial charge is 0.337 e. The number of anilines is 2. The average Bonchev–Trinajstić information content (AvgIpc) is 3.54. The lowest BCUT2D eigenvalue weighted by atomic mass is 10.1. The lowest BCUT2D eigenvalue weighted by molar-refractivity contribution is -0.136. The summed E-state index contributed by atoms with van der Waals surface area (Å²) in [4.78, 5) is 47.4. The van der Waals surface area contributed by atoms with Crippen molar-refractivity contribution in [3.63, 3.8) is 0 Å². The molecule has 0 saturated carbocycles. The molecule has 2 aliphatic rings. The van der Waals surface area contributed by atoms with Crippen LogP contribution in [0.1, 0.15) is 38.5 Å². The molecule has 1 atom stereocenters. The lowest BCUT2D eigenvalue weighted by Crippen LogP contribution is -2.40. The van der Waals surface area contributed by atoms with E-state index in [1.165, 1.54) is 28.2 Å². The Bertz CT molecular complexity index is 1230. The monoisotopic (exact) mass is 480 g/mol. The van der Waals surface area contributed by atoms with Crippen LogP contribution in [-0.4, -0.2) is 40.7 Å². The highest BCUT2D eigenvalue weighted by atomic mass is 32.1. The van der Waals surface area contributed by atoms with Gasteiger partial charge in [-0.25, -0.2) is 4.98 Å². The predicted octanol–water partition coefficient (Wildman–Crippen LogP) is 4.01. The van der Waals surface area contributed by atoms with Gasteiger partial charge in [-0.2, -0.15) is 11.3 Å². The summed E-state index contributed by atoms with van der Waals surface area (Å²) in [6.45, 7) is 5.52. The fourth-order valence-corrected chi connectivity index (χ4v) is 5.93. The van der Waals surface area contributed by atoms with E-state index in [0.29, 0.717) is 36.8 Å². The van der Waals surface area contributed by atoms with Gasteiger partial charge in [0.2, 0.25) is 11.8 Å². The Morgan fingerprint density at radius 1 is 1.18 bits per heavy atom. The molecule has 9 heteroatoms. The van der Waals surface area contributed by atoms with E-state index in [-0.39, 0.29) is 30.1 Å². The van der Waals surface area contributed by atoms with Crippen molar-refractivity contribution in [1.82, 2.24) is 9.88 Å². The van der Waals surface area contributed by atoms with Crippen LogP contribution in [0.25, 0.3) is 0 Å².